The van der Waals surface area contributed by atoms with Gasteiger partial charge in [0.1, 0.15) is 23.2 Å². The lowest BCUT2D eigenvalue weighted by molar-refractivity contribution is -0.116. The highest BCUT2D eigenvalue weighted by Gasteiger charge is 2.47. The summed E-state index contributed by atoms with van der Waals surface area (Å²) in [6, 6.07) is 29.6. The van der Waals surface area contributed by atoms with Crippen LogP contribution in [0.2, 0.25) is 0 Å². The van der Waals surface area contributed by atoms with Gasteiger partial charge in [0, 0.05) is 0 Å². The Hall–Kier alpha value is -2.49. The summed E-state index contributed by atoms with van der Waals surface area (Å²) in [6.45, 7) is 0. The van der Waals surface area contributed by atoms with E-state index < -0.39 is 23.2 Å². The van der Waals surface area contributed by atoms with Gasteiger partial charge in [-0.25, -0.2) is 8.42 Å². The van der Waals surface area contributed by atoms with Gasteiger partial charge in [-0.15, -0.1) is 0 Å². The summed E-state index contributed by atoms with van der Waals surface area (Å²) in [5.41, 5.74) is 0. The van der Waals surface area contributed by atoms with E-state index >= 15 is 0 Å². The number of sulfonamides is 1. The van der Waals surface area contributed by atoms with Crippen LogP contribution in [0.25, 0.3) is 0 Å². The third-order valence-electron chi connectivity index (χ3n) is 4.27. The zero-order chi connectivity index (χ0) is 19.3. The molecule has 0 aliphatic rings. The number of nitrogens with one attached hydrogen (secondary N) is 1. The van der Waals surface area contributed by atoms with E-state index in [1.54, 1.807) is 0 Å². The second-order valence-corrected chi connectivity index (χ2v) is 11.5. The molecule has 3 rings (SSSR count). The highest BCUT2D eigenvalue weighted by atomic mass is 32.2. The molecule has 3 aromatic carbocycles. The molecule has 0 radical (unpaired) electrons. The third kappa shape index (κ3) is 4.44. The maximum Gasteiger partial charge on any atom is 0.272 e. The Kier molecular flexibility index (Phi) is 5.73. The minimum Gasteiger partial charge on any atom is -0.270 e. The summed E-state index contributed by atoms with van der Waals surface area (Å²) >= 11 is 0. The van der Waals surface area contributed by atoms with Gasteiger partial charge in [0.2, 0.25) is 10.0 Å². The van der Waals surface area contributed by atoms with Crippen LogP contribution in [-0.4, -0.2) is 26.7 Å². The zero-order valence-corrected chi connectivity index (χ0v) is 16.7. The smallest absolute Gasteiger partial charge is 0.270 e. The Morgan fingerprint density at radius 1 is 0.741 bits per heavy atom. The highest BCUT2D eigenvalue weighted by molar-refractivity contribution is 7.96. The summed E-state index contributed by atoms with van der Waals surface area (Å²) in [7, 11) is -6.00. The normalized spacial score (nSPS) is 11.7. The molecule has 0 bridgehead atoms. The van der Waals surface area contributed by atoms with Crippen molar-refractivity contribution in [3.63, 3.8) is 0 Å². The second kappa shape index (κ2) is 8.03. The molecule has 1 amide bonds. The molecule has 0 fully saturated rings. The lowest BCUT2D eigenvalue weighted by Gasteiger charge is -2.26. The standard InChI is InChI=1S/C21H20NO3PS/c1-27(24,25)22-21(23)17-26(18-11-5-2-6-12-18,19-13-7-3-8-14-19)20-15-9-4-10-16-20/h2-16H,17H2,1H3/p+1. The quantitative estimate of drug-likeness (QED) is 0.647. The molecule has 0 heterocycles. The first-order valence-electron chi connectivity index (χ1n) is 8.47. The largest absolute Gasteiger partial charge is 0.272 e. The minimum absolute atomic E-state index is 0.0815. The Balaban J connectivity index is 2.24. The van der Waals surface area contributed by atoms with Crippen LogP contribution in [0.1, 0.15) is 0 Å². The molecular weight excluding hydrogens is 377 g/mol. The van der Waals surface area contributed by atoms with Crippen molar-refractivity contribution >= 4 is 39.1 Å². The molecule has 0 spiro atoms. The lowest BCUT2D eigenvalue weighted by Crippen LogP contribution is -2.40. The van der Waals surface area contributed by atoms with Gasteiger partial charge in [0.05, 0.1) is 6.26 Å². The molecular formula is C21H21NO3PS+. The number of benzene rings is 3. The molecule has 4 nitrogen and oxygen atoms in total. The van der Waals surface area contributed by atoms with E-state index in [1.165, 1.54) is 0 Å². The van der Waals surface area contributed by atoms with Gasteiger partial charge in [-0.3, -0.25) is 9.52 Å². The molecule has 3 aromatic rings. The molecule has 1 N–H and O–H groups in total. The molecule has 0 atom stereocenters. The Bertz CT molecular complexity index is 910. The van der Waals surface area contributed by atoms with Crippen molar-refractivity contribution in [2.45, 2.75) is 0 Å². The fourth-order valence-corrected chi connectivity index (χ4v) is 7.81. The predicted octanol–water partition coefficient (Wildman–Crippen LogP) is 2.06. The number of hydrogen-bond donors (Lipinski definition) is 1. The summed E-state index contributed by atoms with van der Waals surface area (Å²) in [4.78, 5) is 12.7. The van der Waals surface area contributed by atoms with Crippen molar-refractivity contribution in [2.75, 3.05) is 12.4 Å². The molecule has 0 saturated heterocycles. The zero-order valence-electron chi connectivity index (χ0n) is 14.9. The third-order valence-corrected chi connectivity index (χ3v) is 9.17. The van der Waals surface area contributed by atoms with Crippen LogP contribution in [0.5, 0.6) is 0 Å². The molecule has 138 valence electrons. The summed E-state index contributed by atoms with van der Waals surface area (Å²) < 4.78 is 25.4. The predicted molar refractivity (Wildman–Crippen MR) is 113 cm³/mol. The first kappa shape index (κ1) is 19.3. The van der Waals surface area contributed by atoms with Gasteiger partial charge in [0.25, 0.3) is 5.91 Å². The van der Waals surface area contributed by atoms with E-state index in [0.717, 1.165) is 22.2 Å². The van der Waals surface area contributed by atoms with Crippen LogP contribution in [0.4, 0.5) is 0 Å². The van der Waals surface area contributed by atoms with Crippen molar-refractivity contribution in [3.05, 3.63) is 91.0 Å². The van der Waals surface area contributed by atoms with E-state index in [2.05, 4.69) is 4.72 Å². The van der Waals surface area contributed by atoms with Gasteiger partial charge in [-0.05, 0) is 36.4 Å². The molecule has 27 heavy (non-hydrogen) atoms. The molecule has 0 aliphatic heterocycles. The second-order valence-electron chi connectivity index (χ2n) is 6.27. The molecule has 0 aromatic heterocycles. The van der Waals surface area contributed by atoms with E-state index in [4.69, 9.17) is 0 Å². The fraction of sp³-hybridized carbons (Fsp3) is 0.0952. The lowest BCUT2D eigenvalue weighted by atomic mass is 10.4. The van der Waals surface area contributed by atoms with Gasteiger partial charge in [0.15, 0.2) is 6.16 Å². The van der Waals surface area contributed by atoms with E-state index in [1.807, 2.05) is 91.0 Å². The first-order chi connectivity index (χ1) is 12.9. The van der Waals surface area contributed by atoms with Crippen molar-refractivity contribution in [3.8, 4) is 0 Å². The van der Waals surface area contributed by atoms with Crippen LogP contribution >= 0.6 is 7.26 Å². The summed E-state index contributed by atoms with van der Waals surface area (Å²) in [5, 5.41) is 3.10. The van der Waals surface area contributed by atoms with E-state index in [9.17, 15) is 13.2 Å². The average Bonchev–Trinajstić information content (AvgIpc) is 2.67. The maximum atomic E-state index is 12.7. The monoisotopic (exact) mass is 398 g/mol. The Morgan fingerprint density at radius 2 is 1.07 bits per heavy atom. The van der Waals surface area contributed by atoms with E-state index in [0.29, 0.717) is 0 Å². The highest BCUT2D eigenvalue weighted by Crippen LogP contribution is 2.54. The Morgan fingerprint density at radius 3 is 1.37 bits per heavy atom. The number of amides is 1. The van der Waals surface area contributed by atoms with Gasteiger partial charge < -0.3 is 0 Å². The maximum absolute atomic E-state index is 12.7. The summed E-state index contributed by atoms with van der Waals surface area (Å²) in [5.74, 6) is -0.498. The van der Waals surface area contributed by atoms with Crippen molar-refractivity contribution in [2.24, 2.45) is 0 Å². The minimum atomic E-state index is -3.62. The Labute approximate surface area is 160 Å². The molecule has 0 unspecified atom stereocenters. The van der Waals surface area contributed by atoms with Gasteiger partial charge in [-0.2, -0.15) is 0 Å². The van der Waals surface area contributed by atoms with Crippen LogP contribution < -0.4 is 20.6 Å². The fourth-order valence-electron chi connectivity index (χ4n) is 3.22. The van der Waals surface area contributed by atoms with Crippen molar-refractivity contribution in [1.82, 2.24) is 4.72 Å². The van der Waals surface area contributed by atoms with Crippen LogP contribution in [-0.2, 0) is 14.8 Å². The number of rotatable bonds is 6. The number of hydrogen-bond acceptors (Lipinski definition) is 3. The molecule has 0 aliphatic carbocycles. The molecule has 0 saturated carbocycles. The van der Waals surface area contributed by atoms with Crippen molar-refractivity contribution < 1.29 is 13.2 Å². The topological polar surface area (TPSA) is 63.2 Å². The van der Waals surface area contributed by atoms with Gasteiger partial charge >= 0.3 is 0 Å². The van der Waals surface area contributed by atoms with Gasteiger partial charge in [-0.1, -0.05) is 54.6 Å². The number of carbonyl (C=O) groups excluding carboxylic acids is 1. The molecule has 6 heteroatoms. The van der Waals surface area contributed by atoms with Crippen LogP contribution in [0.3, 0.4) is 0 Å². The van der Waals surface area contributed by atoms with Crippen LogP contribution in [0, 0.1) is 0 Å². The van der Waals surface area contributed by atoms with Crippen LogP contribution in [0.15, 0.2) is 91.0 Å². The van der Waals surface area contributed by atoms with E-state index in [-0.39, 0.29) is 6.16 Å². The summed E-state index contributed by atoms with van der Waals surface area (Å²) in [6.07, 6.45) is 1.08. The van der Waals surface area contributed by atoms with Crippen molar-refractivity contribution in [1.29, 1.82) is 0 Å². The SMILES string of the molecule is CS(=O)(=O)NC(=O)C[P+](c1ccccc1)(c1ccccc1)c1ccccc1. The average molecular weight is 398 g/mol. The number of carbonyl (C=O) groups is 1. The first-order valence-corrected chi connectivity index (χ1v) is 12.3.